The van der Waals surface area contributed by atoms with E-state index in [2.05, 4.69) is 20.0 Å². The van der Waals surface area contributed by atoms with Gasteiger partial charge in [0.1, 0.15) is 11.3 Å². The van der Waals surface area contributed by atoms with Gasteiger partial charge >= 0.3 is 12.0 Å². The molecule has 13 heteroatoms. The molecule has 3 atom stereocenters. The first kappa shape index (κ1) is 32.2. The van der Waals surface area contributed by atoms with Crippen molar-refractivity contribution in [1.29, 1.82) is 0 Å². The molecule has 12 nitrogen and oxygen atoms in total. The summed E-state index contributed by atoms with van der Waals surface area (Å²) < 4.78 is 41.3. The fourth-order valence-electron chi connectivity index (χ4n) is 8.14. The molecule has 0 bridgehead atoms. The summed E-state index contributed by atoms with van der Waals surface area (Å²) in [5, 5.41) is 20.1. The minimum Gasteiger partial charge on any atom is -0.490 e. The van der Waals surface area contributed by atoms with Crippen LogP contribution in [0.2, 0.25) is 0 Å². The van der Waals surface area contributed by atoms with E-state index >= 15 is 4.39 Å². The summed E-state index contributed by atoms with van der Waals surface area (Å²) in [5.74, 6) is 0.0460. The Morgan fingerprint density at radius 1 is 1.10 bits per heavy atom. The minimum absolute atomic E-state index is 0.264. The third-order valence-electron chi connectivity index (χ3n) is 10.6. The molecule has 49 heavy (non-hydrogen) atoms. The molecule has 260 valence electrons. The maximum atomic E-state index is 15.8. The predicted molar refractivity (Wildman–Crippen MR) is 179 cm³/mol. The second-order valence-electron chi connectivity index (χ2n) is 15.0. The van der Waals surface area contributed by atoms with Gasteiger partial charge in [0.25, 0.3) is 5.89 Å². The first-order valence-electron chi connectivity index (χ1n) is 17.1. The highest BCUT2D eigenvalue weighted by molar-refractivity contribution is 6.01. The second-order valence-corrected chi connectivity index (χ2v) is 15.0. The molecule has 1 N–H and O–H groups in total. The van der Waals surface area contributed by atoms with Gasteiger partial charge in [0.2, 0.25) is 0 Å². The Morgan fingerprint density at radius 2 is 1.84 bits per heavy atom. The lowest BCUT2D eigenvalue weighted by atomic mass is 9.86. The average molecular weight is 675 g/mol. The van der Waals surface area contributed by atoms with E-state index in [4.69, 9.17) is 23.6 Å². The summed E-state index contributed by atoms with van der Waals surface area (Å²) in [4.78, 5) is 22.6. The SMILES string of the molecule is Cc1nc2c(cc(-c3nnc(N4CC5CN(C6COC6)CC5C4)o3)n2C)c(-c2cc(F)c3c(c2C)CCCO3)c1[C@H](OC(C)(C)C)C(=O)O. The van der Waals surface area contributed by atoms with Crippen molar-refractivity contribution in [1.82, 2.24) is 24.6 Å². The van der Waals surface area contributed by atoms with Crippen molar-refractivity contribution in [3.8, 4) is 28.5 Å². The standard InChI is InChI=1S/C36H43FN6O6/c1-18-23-8-7-9-47-30(23)26(37)10-24(18)29-25-11-27(41(6)32(25)38-19(2)28(29)31(34(44)45)49-36(3,4)5)33-39-40-35(48-33)43-14-20-12-42(13-21(20)15-43)22-16-46-17-22/h10-11,20-22,31H,7-9,12-17H2,1-6H3,(H,44,45)/t20?,21?,31-/m0/s1. The number of halogens is 1. The predicted octanol–water partition coefficient (Wildman–Crippen LogP) is 5.08. The van der Waals surface area contributed by atoms with Crippen LogP contribution in [0.4, 0.5) is 10.4 Å². The van der Waals surface area contributed by atoms with Crippen LogP contribution in [0.25, 0.3) is 33.7 Å². The molecule has 7 heterocycles. The van der Waals surface area contributed by atoms with E-state index in [1.54, 1.807) is 6.92 Å². The zero-order valence-electron chi connectivity index (χ0n) is 28.9. The molecule has 3 fully saturated rings. The van der Waals surface area contributed by atoms with Crippen LogP contribution in [-0.4, -0.2) is 93.4 Å². The molecule has 0 radical (unpaired) electrons. The molecule has 0 saturated carbocycles. The second kappa shape index (κ2) is 11.8. The lowest BCUT2D eigenvalue weighted by Crippen LogP contribution is -2.48. The van der Waals surface area contributed by atoms with E-state index in [1.165, 1.54) is 6.07 Å². The molecule has 2 unspecified atom stereocenters. The fraction of sp³-hybridized carbons (Fsp3) is 0.556. The minimum atomic E-state index is -1.36. The first-order valence-corrected chi connectivity index (χ1v) is 17.1. The van der Waals surface area contributed by atoms with Crippen LogP contribution in [0.1, 0.15) is 55.7 Å². The number of rotatable bonds is 7. The van der Waals surface area contributed by atoms with Gasteiger partial charge in [-0.15, -0.1) is 5.10 Å². The zero-order valence-corrected chi connectivity index (χ0v) is 28.9. The molecule has 3 aromatic heterocycles. The number of likely N-dealkylation sites (tertiary alicyclic amines) is 1. The van der Waals surface area contributed by atoms with Crippen molar-refractivity contribution in [3.05, 3.63) is 40.3 Å². The molecule has 0 aliphatic carbocycles. The Labute approximate surface area is 284 Å². The van der Waals surface area contributed by atoms with Crippen molar-refractivity contribution >= 4 is 23.0 Å². The molecule has 0 spiro atoms. The Balaban J connectivity index is 1.23. The Bertz CT molecular complexity index is 1950. The molecule has 3 saturated heterocycles. The van der Waals surface area contributed by atoms with Crippen LogP contribution in [0.3, 0.4) is 0 Å². The maximum Gasteiger partial charge on any atom is 0.337 e. The monoisotopic (exact) mass is 674 g/mol. The van der Waals surface area contributed by atoms with Gasteiger partial charge in [-0.25, -0.2) is 14.2 Å². The summed E-state index contributed by atoms with van der Waals surface area (Å²) in [6.07, 6.45) is 0.0638. The number of carboxylic acid groups (broad SMARTS) is 1. The van der Waals surface area contributed by atoms with Crippen molar-refractivity contribution in [2.24, 2.45) is 18.9 Å². The number of ether oxygens (including phenoxy) is 3. The van der Waals surface area contributed by atoms with E-state index in [-0.39, 0.29) is 5.75 Å². The lowest BCUT2D eigenvalue weighted by molar-refractivity contribution is -0.160. The van der Waals surface area contributed by atoms with Crippen LogP contribution in [-0.2, 0) is 27.7 Å². The largest absolute Gasteiger partial charge is 0.490 e. The van der Waals surface area contributed by atoms with Crippen LogP contribution in [0.15, 0.2) is 16.5 Å². The molecule has 4 aliphatic rings. The van der Waals surface area contributed by atoms with Crippen molar-refractivity contribution in [2.75, 3.05) is 50.9 Å². The van der Waals surface area contributed by atoms with Crippen LogP contribution in [0, 0.1) is 31.5 Å². The maximum absolute atomic E-state index is 15.8. The quantitative estimate of drug-likeness (QED) is 0.282. The number of carboxylic acids is 1. The average Bonchev–Trinajstić information content (AvgIpc) is 3.80. The summed E-state index contributed by atoms with van der Waals surface area (Å²) >= 11 is 0. The van der Waals surface area contributed by atoms with E-state index in [9.17, 15) is 9.90 Å². The van der Waals surface area contributed by atoms with Crippen molar-refractivity contribution in [3.63, 3.8) is 0 Å². The van der Waals surface area contributed by atoms with Gasteiger partial charge in [-0.1, -0.05) is 5.10 Å². The van der Waals surface area contributed by atoms with Crippen LogP contribution in [0.5, 0.6) is 5.75 Å². The smallest absolute Gasteiger partial charge is 0.337 e. The summed E-state index contributed by atoms with van der Waals surface area (Å²) in [7, 11) is 1.87. The number of hydrogen-bond acceptors (Lipinski definition) is 10. The fourth-order valence-corrected chi connectivity index (χ4v) is 8.14. The van der Waals surface area contributed by atoms with E-state index in [0.717, 1.165) is 56.9 Å². The molecule has 4 aliphatic heterocycles. The first-order chi connectivity index (χ1) is 23.4. The number of aliphatic carboxylic acids is 1. The number of carbonyl (C=O) groups is 1. The summed E-state index contributed by atoms with van der Waals surface area (Å²) in [6.45, 7) is 15.1. The zero-order chi connectivity index (χ0) is 34.4. The van der Waals surface area contributed by atoms with Crippen molar-refractivity contribution in [2.45, 2.75) is 65.2 Å². The highest BCUT2D eigenvalue weighted by Gasteiger charge is 2.44. The topological polar surface area (TPSA) is 128 Å². The van der Waals surface area contributed by atoms with Gasteiger partial charge in [0.05, 0.1) is 31.5 Å². The van der Waals surface area contributed by atoms with Gasteiger partial charge in [0.15, 0.2) is 17.7 Å². The summed E-state index contributed by atoms with van der Waals surface area (Å²) in [6, 6.07) is 4.37. The highest BCUT2D eigenvalue weighted by Crippen LogP contribution is 2.46. The van der Waals surface area contributed by atoms with Crippen LogP contribution < -0.4 is 9.64 Å². The van der Waals surface area contributed by atoms with Gasteiger partial charge in [-0.3, -0.25) is 4.90 Å². The van der Waals surface area contributed by atoms with Gasteiger partial charge in [0, 0.05) is 61.0 Å². The van der Waals surface area contributed by atoms with E-state index < -0.39 is 23.5 Å². The number of fused-ring (bicyclic) bond motifs is 3. The third-order valence-corrected chi connectivity index (χ3v) is 10.6. The van der Waals surface area contributed by atoms with Crippen molar-refractivity contribution < 1.29 is 32.9 Å². The summed E-state index contributed by atoms with van der Waals surface area (Å²) in [5.41, 5.74) is 4.01. The normalized spacial score (nSPS) is 21.9. The number of anilines is 1. The number of benzene rings is 1. The Morgan fingerprint density at radius 3 is 2.49 bits per heavy atom. The van der Waals surface area contributed by atoms with Gasteiger partial charge in [-0.2, -0.15) is 0 Å². The molecule has 0 amide bonds. The molecular weight excluding hydrogens is 631 g/mol. The number of pyridine rings is 1. The highest BCUT2D eigenvalue weighted by atomic mass is 19.1. The Kier molecular flexibility index (Phi) is 7.72. The molecule has 8 rings (SSSR count). The Hall–Kier alpha value is -4.07. The molecular formula is C36H43FN6O6. The van der Waals surface area contributed by atoms with E-state index in [0.29, 0.717) is 81.9 Å². The number of aromatic nitrogens is 4. The van der Waals surface area contributed by atoms with Gasteiger partial charge < -0.3 is 33.2 Å². The van der Waals surface area contributed by atoms with E-state index in [1.807, 2.05) is 45.4 Å². The third kappa shape index (κ3) is 5.46. The number of nitrogens with zero attached hydrogens (tertiary/aromatic N) is 6. The van der Waals surface area contributed by atoms with Gasteiger partial charge in [-0.05, 0) is 82.6 Å². The molecule has 4 aromatic rings. The number of aryl methyl sites for hydroxylation is 2. The lowest BCUT2D eigenvalue weighted by Gasteiger charge is -2.35. The number of hydrogen-bond donors (Lipinski definition) is 1. The molecule has 1 aromatic carbocycles. The van der Waals surface area contributed by atoms with Crippen LogP contribution >= 0.6 is 0 Å².